The van der Waals surface area contributed by atoms with Crippen molar-refractivity contribution in [1.29, 1.82) is 0 Å². The van der Waals surface area contributed by atoms with Crippen molar-refractivity contribution < 1.29 is 26.4 Å². The summed E-state index contributed by atoms with van der Waals surface area (Å²) in [6.45, 7) is 0. The summed E-state index contributed by atoms with van der Waals surface area (Å²) in [5.41, 5.74) is 0.304. The summed E-state index contributed by atoms with van der Waals surface area (Å²) in [6.07, 6.45) is -1.86. The monoisotopic (exact) mass is 508 g/mol. The summed E-state index contributed by atoms with van der Waals surface area (Å²) >= 11 is 0.956. The first-order valence-corrected chi connectivity index (χ1v) is 12.3. The fraction of sp³-hybridized carbons (Fsp3) is 0.200. The SMILES string of the molecule is O=C(NS(=O)(=O)c1cccs1)c1cccc(-n2cnc3c(NC4CC4)nc(C(F)(F)F)nc32)c1. The molecule has 5 rings (SSSR count). The molecule has 0 aliphatic heterocycles. The molecule has 3 aromatic heterocycles. The molecule has 1 saturated carbocycles. The molecule has 1 aliphatic carbocycles. The maximum Gasteiger partial charge on any atom is 0.451 e. The van der Waals surface area contributed by atoms with Crippen LogP contribution in [0.2, 0.25) is 0 Å². The van der Waals surface area contributed by atoms with Crippen LogP contribution in [0.5, 0.6) is 0 Å². The molecule has 0 saturated heterocycles. The Labute approximate surface area is 194 Å². The van der Waals surface area contributed by atoms with E-state index in [1.54, 1.807) is 5.38 Å². The number of carbonyl (C=O) groups is 1. The van der Waals surface area contributed by atoms with Gasteiger partial charge in [0.15, 0.2) is 17.0 Å². The Hall–Kier alpha value is -3.52. The molecular formula is C20H15F3N6O3S2. The second kappa shape index (κ2) is 8.06. The Morgan fingerprint density at radius 1 is 1.15 bits per heavy atom. The summed E-state index contributed by atoms with van der Waals surface area (Å²) in [5, 5.41) is 4.51. The quantitative estimate of drug-likeness (QED) is 0.409. The molecule has 1 amide bonds. The van der Waals surface area contributed by atoms with Crippen molar-refractivity contribution in [3.05, 3.63) is 59.5 Å². The molecule has 1 fully saturated rings. The minimum atomic E-state index is -4.78. The lowest BCUT2D eigenvalue weighted by atomic mass is 10.2. The van der Waals surface area contributed by atoms with Gasteiger partial charge >= 0.3 is 6.18 Å². The van der Waals surface area contributed by atoms with E-state index in [9.17, 15) is 26.4 Å². The zero-order valence-corrected chi connectivity index (χ0v) is 18.7. The van der Waals surface area contributed by atoms with Gasteiger partial charge in [-0.1, -0.05) is 12.1 Å². The number of hydrogen-bond acceptors (Lipinski definition) is 8. The summed E-state index contributed by atoms with van der Waals surface area (Å²) in [4.78, 5) is 24.1. The highest BCUT2D eigenvalue weighted by Crippen LogP contribution is 2.33. The molecule has 0 atom stereocenters. The second-order valence-corrected chi connectivity index (χ2v) is 10.4. The lowest BCUT2D eigenvalue weighted by molar-refractivity contribution is -0.144. The van der Waals surface area contributed by atoms with Gasteiger partial charge in [0.05, 0.1) is 0 Å². The first-order valence-electron chi connectivity index (χ1n) is 9.92. The number of sulfonamides is 1. The summed E-state index contributed by atoms with van der Waals surface area (Å²) in [6, 6.07) is 8.67. The molecular weight excluding hydrogens is 493 g/mol. The molecule has 176 valence electrons. The Bertz CT molecular complexity index is 1500. The maximum atomic E-state index is 13.4. The number of rotatable bonds is 6. The number of hydrogen-bond donors (Lipinski definition) is 2. The molecule has 4 aromatic rings. The number of benzene rings is 1. The molecule has 0 unspecified atom stereocenters. The number of aromatic nitrogens is 4. The first kappa shape index (κ1) is 22.3. The number of nitrogens with zero attached hydrogens (tertiary/aromatic N) is 4. The molecule has 14 heteroatoms. The molecule has 0 bridgehead atoms. The average Bonchev–Trinajstić information content (AvgIpc) is 3.25. The van der Waals surface area contributed by atoms with E-state index in [0.717, 1.165) is 24.2 Å². The van der Waals surface area contributed by atoms with E-state index in [1.165, 1.54) is 47.3 Å². The largest absolute Gasteiger partial charge is 0.451 e. The first-order chi connectivity index (χ1) is 16.1. The van der Waals surface area contributed by atoms with Crippen LogP contribution in [0.15, 0.2) is 52.3 Å². The van der Waals surface area contributed by atoms with Crippen LogP contribution in [0.3, 0.4) is 0 Å². The summed E-state index contributed by atoms with van der Waals surface area (Å²) in [7, 11) is -4.05. The van der Waals surface area contributed by atoms with Crippen LogP contribution < -0.4 is 10.0 Å². The average molecular weight is 509 g/mol. The van der Waals surface area contributed by atoms with Gasteiger partial charge in [0.1, 0.15) is 10.5 Å². The van der Waals surface area contributed by atoms with Crippen LogP contribution in [0.25, 0.3) is 16.9 Å². The third-order valence-electron chi connectivity index (χ3n) is 4.94. The minimum absolute atomic E-state index is 0.0130. The van der Waals surface area contributed by atoms with Crippen LogP contribution in [0.1, 0.15) is 29.0 Å². The van der Waals surface area contributed by atoms with Gasteiger partial charge in [-0.3, -0.25) is 9.36 Å². The van der Waals surface area contributed by atoms with Crippen LogP contribution >= 0.6 is 11.3 Å². The van der Waals surface area contributed by atoms with Crippen molar-refractivity contribution in [3.8, 4) is 5.69 Å². The van der Waals surface area contributed by atoms with Gasteiger partial charge < -0.3 is 5.32 Å². The summed E-state index contributed by atoms with van der Waals surface area (Å²) < 4.78 is 68.3. The van der Waals surface area contributed by atoms with Gasteiger partial charge in [-0.05, 0) is 42.5 Å². The van der Waals surface area contributed by atoms with Crippen molar-refractivity contribution in [2.75, 3.05) is 5.32 Å². The van der Waals surface area contributed by atoms with Crippen molar-refractivity contribution >= 4 is 44.2 Å². The lowest BCUT2D eigenvalue weighted by Crippen LogP contribution is -2.30. The van der Waals surface area contributed by atoms with Crippen molar-refractivity contribution in [2.24, 2.45) is 0 Å². The number of thiophene rings is 1. The number of imidazole rings is 1. The molecule has 34 heavy (non-hydrogen) atoms. The molecule has 9 nitrogen and oxygen atoms in total. The second-order valence-electron chi connectivity index (χ2n) is 7.52. The highest BCUT2D eigenvalue weighted by Gasteiger charge is 2.37. The molecule has 0 spiro atoms. The van der Waals surface area contributed by atoms with E-state index in [4.69, 9.17) is 0 Å². The van der Waals surface area contributed by atoms with E-state index in [-0.39, 0.29) is 38.5 Å². The van der Waals surface area contributed by atoms with Gasteiger partial charge in [-0.15, -0.1) is 11.3 Å². The highest BCUT2D eigenvalue weighted by atomic mass is 32.2. The van der Waals surface area contributed by atoms with Crippen LogP contribution in [0.4, 0.5) is 19.0 Å². The number of amides is 1. The zero-order chi connectivity index (χ0) is 24.1. The predicted molar refractivity (Wildman–Crippen MR) is 117 cm³/mol. The number of halogens is 3. The number of fused-ring (bicyclic) bond motifs is 1. The lowest BCUT2D eigenvalue weighted by Gasteiger charge is -2.11. The van der Waals surface area contributed by atoms with Crippen molar-refractivity contribution in [2.45, 2.75) is 29.3 Å². The number of carbonyl (C=O) groups excluding carboxylic acids is 1. The van der Waals surface area contributed by atoms with E-state index in [0.29, 0.717) is 0 Å². The van der Waals surface area contributed by atoms with Gasteiger partial charge in [-0.25, -0.2) is 28.1 Å². The van der Waals surface area contributed by atoms with Gasteiger partial charge in [0.2, 0.25) is 5.82 Å². The number of anilines is 1. The normalized spacial score (nSPS) is 14.3. The fourth-order valence-electron chi connectivity index (χ4n) is 3.18. The van der Waals surface area contributed by atoms with Crippen LogP contribution in [-0.4, -0.2) is 39.9 Å². The smallest absolute Gasteiger partial charge is 0.365 e. The Kier molecular flexibility index (Phi) is 5.28. The fourth-order valence-corrected chi connectivity index (χ4v) is 5.15. The topological polar surface area (TPSA) is 119 Å². The van der Waals surface area contributed by atoms with Crippen molar-refractivity contribution in [3.63, 3.8) is 0 Å². The zero-order valence-electron chi connectivity index (χ0n) is 17.1. The predicted octanol–water partition coefficient (Wildman–Crippen LogP) is 3.59. The Morgan fingerprint density at radius 3 is 2.62 bits per heavy atom. The van der Waals surface area contributed by atoms with E-state index >= 15 is 0 Å². The summed E-state index contributed by atoms with van der Waals surface area (Å²) in [5.74, 6) is -2.23. The highest BCUT2D eigenvalue weighted by molar-refractivity contribution is 7.92. The molecule has 3 heterocycles. The standard InChI is InChI=1S/C20H15F3N6O3S2/c21-20(22,23)19-26-16(25-12-6-7-12)15-17(27-19)29(10-24-15)13-4-1-3-11(9-13)18(30)28-34(31,32)14-5-2-8-33-14/h1-5,8-10,12H,6-7H2,(H,28,30)(H,25,26,27). The third kappa shape index (κ3) is 4.33. The minimum Gasteiger partial charge on any atom is -0.365 e. The molecule has 0 radical (unpaired) electrons. The molecule has 1 aromatic carbocycles. The van der Waals surface area contributed by atoms with Crippen LogP contribution in [-0.2, 0) is 16.2 Å². The van der Waals surface area contributed by atoms with E-state index < -0.39 is 27.9 Å². The van der Waals surface area contributed by atoms with Crippen molar-refractivity contribution in [1.82, 2.24) is 24.2 Å². The van der Waals surface area contributed by atoms with Gasteiger partial charge in [0, 0.05) is 17.3 Å². The van der Waals surface area contributed by atoms with Gasteiger partial charge in [-0.2, -0.15) is 13.2 Å². The third-order valence-corrected chi connectivity index (χ3v) is 7.67. The maximum absolute atomic E-state index is 13.4. The van der Waals surface area contributed by atoms with Crippen LogP contribution in [0, 0.1) is 0 Å². The van der Waals surface area contributed by atoms with E-state index in [2.05, 4.69) is 20.3 Å². The Balaban J connectivity index is 1.53. The van der Waals surface area contributed by atoms with Gasteiger partial charge in [0.25, 0.3) is 15.9 Å². The Morgan fingerprint density at radius 2 is 1.94 bits per heavy atom. The van der Waals surface area contributed by atoms with E-state index in [1.807, 2.05) is 4.72 Å². The number of alkyl halides is 3. The number of nitrogens with one attached hydrogen (secondary N) is 2. The molecule has 2 N–H and O–H groups in total. The molecule has 1 aliphatic rings.